The van der Waals surface area contributed by atoms with Gasteiger partial charge in [0.15, 0.2) is 5.65 Å². The number of aryl methyl sites for hydroxylation is 1. The maximum Gasteiger partial charge on any atom is 0.241 e. The van der Waals surface area contributed by atoms with Crippen LogP contribution in [-0.4, -0.2) is 35.2 Å². The molecule has 144 valence electrons. The molecule has 0 radical (unpaired) electrons. The third-order valence-corrected chi connectivity index (χ3v) is 5.67. The zero-order valence-corrected chi connectivity index (χ0v) is 16.7. The minimum atomic E-state index is 0.332. The van der Waals surface area contributed by atoms with E-state index in [0.717, 1.165) is 39.5 Å². The van der Waals surface area contributed by atoms with Crippen molar-refractivity contribution in [1.82, 2.24) is 29.1 Å². The highest BCUT2D eigenvalue weighted by Crippen LogP contribution is 2.30. The molecule has 0 aliphatic heterocycles. The maximum absolute atomic E-state index is 4.64. The smallest absolute Gasteiger partial charge is 0.241 e. The average molecular weight is 375 g/mol. The van der Waals surface area contributed by atoms with Crippen LogP contribution in [0.2, 0.25) is 0 Å². The van der Waals surface area contributed by atoms with Crippen molar-refractivity contribution >= 4 is 22.6 Å². The zero-order chi connectivity index (χ0) is 19.4. The molecule has 1 aliphatic rings. The minimum Gasteiger partial charge on any atom is -0.350 e. The van der Waals surface area contributed by atoms with Gasteiger partial charge in [-0.15, -0.1) is 5.10 Å². The normalized spacial score (nSPS) is 19.5. The van der Waals surface area contributed by atoms with E-state index in [1.54, 1.807) is 0 Å². The predicted molar refractivity (Wildman–Crippen MR) is 110 cm³/mol. The van der Waals surface area contributed by atoms with Crippen molar-refractivity contribution in [2.45, 2.75) is 52.6 Å². The fourth-order valence-corrected chi connectivity index (χ4v) is 4.30. The average Bonchev–Trinajstić information content (AvgIpc) is 3.19. The molecule has 0 spiro atoms. The van der Waals surface area contributed by atoms with E-state index in [2.05, 4.69) is 62.8 Å². The number of pyridine rings is 1. The van der Waals surface area contributed by atoms with Gasteiger partial charge in [0, 0.05) is 35.6 Å². The van der Waals surface area contributed by atoms with E-state index in [1.165, 1.54) is 12.8 Å². The summed E-state index contributed by atoms with van der Waals surface area (Å²) < 4.78 is 4.12. The fourth-order valence-electron chi connectivity index (χ4n) is 4.30. The molecule has 1 saturated carbocycles. The molecule has 4 aromatic heterocycles. The van der Waals surface area contributed by atoms with Gasteiger partial charge in [-0.2, -0.15) is 0 Å². The summed E-state index contributed by atoms with van der Waals surface area (Å²) in [6.07, 6.45) is 8.13. The first-order valence-electron chi connectivity index (χ1n) is 9.95. The molecule has 4 aromatic rings. The Balaban J connectivity index is 1.53. The van der Waals surface area contributed by atoms with Gasteiger partial charge in [-0.1, -0.05) is 6.92 Å². The summed E-state index contributed by atoms with van der Waals surface area (Å²) in [6.45, 7) is 8.64. The van der Waals surface area contributed by atoms with Crippen LogP contribution >= 0.6 is 0 Å². The Kier molecular flexibility index (Phi) is 3.86. The van der Waals surface area contributed by atoms with Crippen LogP contribution in [0.1, 0.15) is 45.5 Å². The second kappa shape index (κ2) is 6.29. The standard InChI is InChI=1S/C21H25N7/c1-12(2)28-14(4)24-20-18(28)9-15(10-22-20)17-5-6-27-19(17)11-23-21(26-27)25-16-7-13(3)8-16/h5-6,9-13,16H,7-8H2,1-4H3,(H,25,26). The lowest BCUT2D eigenvalue weighted by molar-refractivity contribution is 0.307. The molecular formula is C21H25N7. The first-order valence-corrected chi connectivity index (χ1v) is 9.95. The number of fused-ring (bicyclic) bond motifs is 2. The van der Waals surface area contributed by atoms with Crippen molar-refractivity contribution in [3.05, 3.63) is 36.5 Å². The highest BCUT2D eigenvalue weighted by Gasteiger charge is 2.25. The summed E-state index contributed by atoms with van der Waals surface area (Å²) in [7, 11) is 0. The Morgan fingerprint density at radius 2 is 1.96 bits per heavy atom. The molecule has 7 heteroatoms. The van der Waals surface area contributed by atoms with Gasteiger partial charge in [-0.25, -0.2) is 19.5 Å². The second-order valence-electron chi connectivity index (χ2n) is 8.25. The molecule has 4 heterocycles. The summed E-state index contributed by atoms with van der Waals surface area (Å²) in [4.78, 5) is 13.7. The summed E-state index contributed by atoms with van der Waals surface area (Å²) in [5.74, 6) is 2.47. The molecule has 0 saturated heterocycles. The van der Waals surface area contributed by atoms with Gasteiger partial charge in [0.2, 0.25) is 5.95 Å². The number of rotatable bonds is 4. The molecule has 5 rings (SSSR count). The Bertz CT molecular complexity index is 1160. The van der Waals surface area contributed by atoms with Crippen LogP contribution in [0.5, 0.6) is 0 Å². The lowest BCUT2D eigenvalue weighted by atomic mass is 9.82. The van der Waals surface area contributed by atoms with Crippen LogP contribution < -0.4 is 5.32 Å². The van der Waals surface area contributed by atoms with E-state index < -0.39 is 0 Å². The van der Waals surface area contributed by atoms with Crippen molar-refractivity contribution in [2.24, 2.45) is 5.92 Å². The van der Waals surface area contributed by atoms with E-state index in [4.69, 9.17) is 0 Å². The van der Waals surface area contributed by atoms with E-state index in [9.17, 15) is 0 Å². The number of anilines is 1. The molecule has 0 amide bonds. The van der Waals surface area contributed by atoms with Crippen LogP contribution in [-0.2, 0) is 0 Å². The van der Waals surface area contributed by atoms with E-state index in [1.807, 2.05) is 30.0 Å². The van der Waals surface area contributed by atoms with Gasteiger partial charge in [0.1, 0.15) is 5.82 Å². The van der Waals surface area contributed by atoms with Gasteiger partial charge >= 0.3 is 0 Å². The molecule has 0 unspecified atom stereocenters. The number of nitrogens with zero attached hydrogens (tertiary/aromatic N) is 6. The van der Waals surface area contributed by atoms with Crippen molar-refractivity contribution in [3.8, 4) is 11.1 Å². The Morgan fingerprint density at radius 1 is 1.14 bits per heavy atom. The van der Waals surface area contributed by atoms with E-state index in [-0.39, 0.29) is 0 Å². The number of hydrogen-bond donors (Lipinski definition) is 1. The molecule has 1 aliphatic carbocycles. The van der Waals surface area contributed by atoms with Crippen LogP contribution in [0.15, 0.2) is 30.7 Å². The first kappa shape index (κ1) is 17.2. The van der Waals surface area contributed by atoms with Crippen LogP contribution in [0.3, 0.4) is 0 Å². The molecule has 1 fully saturated rings. The van der Waals surface area contributed by atoms with Gasteiger partial charge in [0.05, 0.1) is 17.2 Å². The quantitative estimate of drug-likeness (QED) is 0.577. The number of nitrogens with one attached hydrogen (secondary N) is 1. The van der Waals surface area contributed by atoms with E-state index in [0.29, 0.717) is 18.0 Å². The lowest BCUT2D eigenvalue weighted by Crippen LogP contribution is -2.34. The Morgan fingerprint density at radius 3 is 2.71 bits per heavy atom. The third kappa shape index (κ3) is 2.73. The number of aromatic nitrogens is 6. The Hall–Kier alpha value is -2.96. The van der Waals surface area contributed by atoms with Gasteiger partial charge < -0.3 is 9.88 Å². The lowest BCUT2D eigenvalue weighted by Gasteiger charge is -2.33. The van der Waals surface area contributed by atoms with Crippen molar-refractivity contribution in [1.29, 1.82) is 0 Å². The van der Waals surface area contributed by atoms with Crippen LogP contribution in [0, 0.1) is 12.8 Å². The largest absolute Gasteiger partial charge is 0.350 e. The van der Waals surface area contributed by atoms with Gasteiger partial charge in [0.25, 0.3) is 0 Å². The SMILES string of the molecule is Cc1nc2ncc(-c3ccn4nc(NC5CC(C)C5)ncc34)cc2n1C(C)C. The fraction of sp³-hybridized carbons (Fsp3) is 0.429. The van der Waals surface area contributed by atoms with Crippen LogP contribution in [0.25, 0.3) is 27.8 Å². The topological polar surface area (TPSA) is 72.9 Å². The van der Waals surface area contributed by atoms with Gasteiger partial charge in [-0.05, 0) is 51.7 Å². The number of imidazole rings is 1. The van der Waals surface area contributed by atoms with Crippen molar-refractivity contribution in [3.63, 3.8) is 0 Å². The molecular weight excluding hydrogens is 350 g/mol. The predicted octanol–water partition coefficient (Wildman–Crippen LogP) is 4.24. The third-order valence-electron chi connectivity index (χ3n) is 5.67. The monoisotopic (exact) mass is 375 g/mol. The highest BCUT2D eigenvalue weighted by atomic mass is 15.3. The van der Waals surface area contributed by atoms with E-state index >= 15 is 0 Å². The van der Waals surface area contributed by atoms with Gasteiger partial charge in [-0.3, -0.25) is 0 Å². The molecule has 0 atom stereocenters. The Labute approximate surface area is 163 Å². The molecule has 0 aromatic carbocycles. The first-order chi connectivity index (χ1) is 13.5. The summed E-state index contributed by atoms with van der Waals surface area (Å²) in [5.41, 5.74) is 4.95. The zero-order valence-electron chi connectivity index (χ0n) is 16.7. The molecule has 7 nitrogen and oxygen atoms in total. The number of hydrogen-bond acceptors (Lipinski definition) is 5. The van der Waals surface area contributed by atoms with Crippen LogP contribution in [0.4, 0.5) is 5.95 Å². The minimum absolute atomic E-state index is 0.332. The summed E-state index contributed by atoms with van der Waals surface area (Å²) >= 11 is 0. The maximum atomic E-state index is 4.64. The molecule has 28 heavy (non-hydrogen) atoms. The van der Waals surface area contributed by atoms with Crippen molar-refractivity contribution in [2.75, 3.05) is 5.32 Å². The highest BCUT2D eigenvalue weighted by molar-refractivity contribution is 5.85. The molecule has 1 N–H and O–H groups in total. The molecule has 0 bridgehead atoms. The summed E-state index contributed by atoms with van der Waals surface area (Å²) in [5, 5.41) is 8.07. The van der Waals surface area contributed by atoms with Crippen molar-refractivity contribution < 1.29 is 0 Å². The second-order valence-corrected chi connectivity index (χ2v) is 8.25. The summed E-state index contributed by atoms with van der Waals surface area (Å²) in [6, 6.07) is 5.07.